The van der Waals surface area contributed by atoms with E-state index in [1.165, 1.54) is 4.90 Å². The Hall–Kier alpha value is -2.61. The van der Waals surface area contributed by atoms with Gasteiger partial charge in [0.1, 0.15) is 12.4 Å². The number of hydrogen-bond donors (Lipinski definition) is 0. The lowest BCUT2D eigenvalue weighted by atomic mass is 10.1. The van der Waals surface area contributed by atoms with Crippen molar-refractivity contribution in [2.45, 2.75) is 13.0 Å². The number of nitrogens with zero attached hydrogens (tertiary/aromatic N) is 1. The molecule has 0 saturated carbocycles. The number of rotatable bonds is 8. The molecule has 0 N–H and O–H groups in total. The first kappa shape index (κ1) is 22.6. The maximum Gasteiger partial charge on any atom is 0.293 e. The zero-order valence-corrected chi connectivity index (χ0v) is 19.9. The van der Waals surface area contributed by atoms with Gasteiger partial charge in [-0.3, -0.25) is 14.5 Å². The molecule has 3 aromatic carbocycles. The summed E-state index contributed by atoms with van der Waals surface area (Å²) in [5, 5.41) is 2.04. The molecular formula is C25H22BrNO4S. The second-order valence-electron chi connectivity index (χ2n) is 7.29. The van der Waals surface area contributed by atoms with E-state index in [0.717, 1.165) is 38.1 Å². The SMILES string of the molecule is COCCCN1C(=O)S/C(=C/c2cc(Br)ccc2OCc2cccc3ccccc23)C1=O. The molecule has 1 fully saturated rings. The van der Waals surface area contributed by atoms with Gasteiger partial charge in [0.2, 0.25) is 0 Å². The molecule has 1 heterocycles. The summed E-state index contributed by atoms with van der Waals surface area (Å²) in [5.41, 5.74) is 1.82. The molecule has 1 aliphatic heterocycles. The van der Waals surface area contributed by atoms with Gasteiger partial charge in [-0.25, -0.2) is 0 Å². The van der Waals surface area contributed by atoms with Crippen LogP contribution in [0.25, 0.3) is 16.8 Å². The molecule has 1 aliphatic rings. The number of carbonyl (C=O) groups excluding carboxylic acids is 2. The maximum absolute atomic E-state index is 12.8. The van der Waals surface area contributed by atoms with Crippen LogP contribution in [0.2, 0.25) is 0 Å². The van der Waals surface area contributed by atoms with Crippen LogP contribution in [0.1, 0.15) is 17.5 Å². The van der Waals surface area contributed by atoms with Crippen LogP contribution in [0.5, 0.6) is 5.75 Å². The first-order chi connectivity index (χ1) is 15.6. The normalized spacial score (nSPS) is 15.2. The molecule has 0 radical (unpaired) electrons. The Morgan fingerprint density at radius 2 is 1.88 bits per heavy atom. The number of amides is 2. The Morgan fingerprint density at radius 1 is 1.06 bits per heavy atom. The maximum atomic E-state index is 12.8. The van der Waals surface area contributed by atoms with Crippen molar-refractivity contribution in [3.8, 4) is 5.75 Å². The average molecular weight is 512 g/mol. The van der Waals surface area contributed by atoms with E-state index >= 15 is 0 Å². The van der Waals surface area contributed by atoms with E-state index < -0.39 is 0 Å². The van der Waals surface area contributed by atoms with Crippen LogP contribution in [-0.4, -0.2) is 36.3 Å². The molecule has 164 valence electrons. The Bertz CT molecular complexity index is 1190. The van der Waals surface area contributed by atoms with Crippen LogP contribution < -0.4 is 4.74 Å². The van der Waals surface area contributed by atoms with Crippen molar-refractivity contribution < 1.29 is 19.1 Å². The van der Waals surface area contributed by atoms with E-state index in [4.69, 9.17) is 9.47 Å². The third-order valence-corrected chi connectivity index (χ3v) is 6.53. The summed E-state index contributed by atoms with van der Waals surface area (Å²) in [4.78, 5) is 26.7. The Morgan fingerprint density at radius 3 is 2.72 bits per heavy atom. The molecule has 0 spiro atoms. The van der Waals surface area contributed by atoms with E-state index in [1.807, 2.05) is 42.5 Å². The van der Waals surface area contributed by atoms with Crippen molar-refractivity contribution in [2.75, 3.05) is 20.3 Å². The molecule has 4 rings (SSSR count). The van der Waals surface area contributed by atoms with E-state index in [1.54, 1.807) is 13.2 Å². The minimum Gasteiger partial charge on any atom is -0.488 e. The van der Waals surface area contributed by atoms with Gasteiger partial charge in [-0.05, 0) is 58.8 Å². The number of benzene rings is 3. The van der Waals surface area contributed by atoms with Crippen molar-refractivity contribution in [3.63, 3.8) is 0 Å². The van der Waals surface area contributed by atoms with Crippen LogP contribution in [0.3, 0.4) is 0 Å². The molecule has 0 atom stereocenters. The molecule has 7 heteroatoms. The Kier molecular flexibility index (Phi) is 7.29. The summed E-state index contributed by atoms with van der Waals surface area (Å²) >= 11 is 4.44. The van der Waals surface area contributed by atoms with Crippen LogP contribution in [0, 0.1) is 0 Å². The number of hydrogen-bond acceptors (Lipinski definition) is 5. The number of halogens is 1. The smallest absolute Gasteiger partial charge is 0.293 e. The average Bonchev–Trinajstić information content (AvgIpc) is 3.06. The van der Waals surface area contributed by atoms with Crippen molar-refractivity contribution in [2.24, 2.45) is 0 Å². The fourth-order valence-corrected chi connectivity index (χ4v) is 4.77. The third-order valence-electron chi connectivity index (χ3n) is 5.13. The molecule has 0 bridgehead atoms. The lowest BCUT2D eigenvalue weighted by molar-refractivity contribution is -0.122. The number of imide groups is 1. The van der Waals surface area contributed by atoms with Crippen molar-refractivity contribution in [1.82, 2.24) is 4.90 Å². The predicted octanol–water partition coefficient (Wildman–Crippen LogP) is 6.25. The highest BCUT2D eigenvalue weighted by molar-refractivity contribution is 9.10. The second kappa shape index (κ2) is 10.3. The van der Waals surface area contributed by atoms with Crippen LogP contribution in [-0.2, 0) is 16.1 Å². The van der Waals surface area contributed by atoms with E-state index in [0.29, 0.717) is 36.8 Å². The minimum absolute atomic E-state index is 0.259. The van der Waals surface area contributed by atoms with Crippen LogP contribution in [0.4, 0.5) is 4.79 Å². The Labute approximate surface area is 199 Å². The Balaban J connectivity index is 1.56. The van der Waals surface area contributed by atoms with Crippen LogP contribution >= 0.6 is 27.7 Å². The topological polar surface area (TPSA) is 55.8 Å². The molecule has 0 aliphatic carbocycles. The van der Waals surface area contributed by atoms with Crippen molar-refractivity contribution in [3.05, 3.63) is 81.2 Å². The summed E-state index contributed by atoms with van der Waals surface area (Å²) < 4.78 is 12.0. The molecule has 2 amide bonds. The number of carbonyl (C=O) groups is 2. The first-order valence-corrected chi connectivity index (χ1v) is 11.8. The second-order valence-corrected chi connectivity index (χ2v) is 9.20. The third kappa shape index (κ3) is 5.06. The highest BCUT2D eigenvalue weighted by Gasteiger charge is 2.34. The zero-order chi connectivity index (χ0) is 22.5. The van der Waals surface area contributed by atoms with Gasteiger partial charge in [0.25, 0.3) is 11.1 Å². The zero-order valence-electron chi connectivity index (χ0n) is 17.5. The molecule has 0 aromatic heterocycles. The van der Waals surface area contributed by atoms with Crippen LogP contribution in [0.15, 0.2) is 70.0 Å². The highest BCUT2D eigenvalue weighted by Crippen LogP contribution is 2.35. The molecule has 5 nitrogen and oxygen atoms in total. The standard InChI is InChI=1S/C25H22BrNO4S/c1-30-13-5-12-27-24(28)23(32-25(27)29)15-19-14-20(26)10-11-22(19)31-16-18-8-4-7-17-6-2-3-9-21(17)18/h2-4,6-11,14-15H,5,12-13,16H2,1H3/b23-15+. The van der Waals surface area contributed by atoms with Gasteiger partial charge in [0.15, 0.2) is 0 Å². The van der Waals surface area contributed by atoms with Crippen molar-refractivity contribution in [1.29, 1.82) is 0 Å². The van der Waals surface area contributed by atoms with E-state index in [9.17, 15) is 9.59 Å². The summed E-state index contributed by atoms with van der Waals surface area (Å²) in [6.07, 6.45) is 2.34. The van der Waals surface area contributed by atoms with Gasteiger partial charge in [-0.2, -0.15) is 0 Å². The highest BCUT2D eigenvalue weighted by atomic mass is 79.9. The minimum atomic E-state index is -0.281. The van der Waals surface area contributed by atoms with E-state index in [2.05, 4.69) is 34.1 Å². The lowest BCUT2D eigenvalue weighted by Crippen LogP contribution is -2.29. The van der Waals surface area contributed by atoms with E-state index in [-0.39, 0.29) is 11.1 Å². The fourth-order valence-electron chi connectivity index (χ4n) is 3.54. The molecule has 32 heavy (non-hydrogen) atoms. The molecule has 3 aromatic rings. The summed E-state index contributed by atoms with van der Waals surface area (Å²) in [7, 11) is 1.60. The fraction of sp³-hybridized carbons (Fsp3) is 0.200. The molecule has 1 saturated heterocycles. The van der Waals surface area contributed by atoms with Gasteiger partial charge in [0, 0.05) is 30.3 Å². The van der Waals surface area contributed by atoms with Gasteiger partial charge in [-0.15, -0.1) is 0 Å². The number of thioether (sulfide) groups is 1. The molecular weight excluding hydrogens is 490 g/mol. The quantitative estimate of drug-likeness (QED) is 0.264. The number of ether oxygens (including phenoxy) is 2. The first-order valence-electron chi connectivity index (χ1n) is 10.2. The van der Waals surface area contributed by atoms with Gasteiger partial charge in [0.05, 0.1) is 4.91 Å². The lowest BCUT2D eigenvalue weighted by Gasteiger charge is -2.13. The van der Waals surface area contributed by atoms with Gasteiger partial charge in [-0.1, -0.05) is 58.4 Å². The summed E-state index contributed by atoms with van der Waals surface area (Å²) in [5.74, 6) is 0.364. The van der Waals surface area contributed by atoms with Crippen molar-refractivity contribution >= 4 is 55.7 Å². The molecule has 0 unspecified atom stereocenters. The predicted molar refractivity (Wildman–Crippen MR) is 132 cm³/mol. The summed E-state index contributed by atoms with van der Waals surface area (Å²) in [6.45, 7) is 1.24. The number of methoxy groups -OCH3 is 1. The van der Waals surface area contributed by atoms with Gasteiger partial charge < -0.3 is 9.47 Å². The van der Waals surface area contributed by atoms with Gasteiger partial charge >= 0.3 is 0 Å². The number of fused-ring (bicyclic) bond motifs is 1. The monoisotopic (exact) mass is 511 g/mol. The summed E-state index contributed by atoms with van der Waals surface area (Å²) in [6, 6.07) is 20.0. The largest absolute Gasteiger partial charge is 0.488 e.